The highest BCUT2D eigenvalue weighted by molar-refractivity contribution is 5.87. The molecule has 2 aliphatic heterocycles. The Morgan fingerprint density at radius 1 is 1.15 bits per heavy atom. The highest BCUT2D eigenvalue weighted by atomic mass is 16.7. The summed E-state index contributed by atoms with van der Waals surface area (Å²) in [5, 5.41) is 39.9. The van der Waals surface area contributed by atoms with Crippen molar-refractivity contribution in [2.45, 2.75) is 37.1 Å². The second kappa shape index (κ2) is 6.53. The zero-order valence-electron chi connectivity index (χ0n) is 13.6. The fraction of sp³-hybridized carbons (Fsp3) is 0.471. The van der Waals surface area contributed by atoms with Gasteiger partial charge in [0.15, 0.2) is 11.3 Å². The van der Waals surface area contributed by atoms with Crippen LogP contribution >= 0.6 is 0 Å². The lowest BCUT2D eigenvalue weighted by Crippen LogP contribution is -2.60. The van der Waals surface area contributed by atoms with Gasteiger partial charge in [-0.3, -0.25) is 0 Å². The van der Waals surface area contributed by atoms with Crippen molar-refractivity contribution in [1.82, 2.24) is 0 Å². The van der Waals surface area contributed by atoms with Gasteiger partial charge < -0.3 is 39.1 Å². The van der Waals surface area contributed by atoms with Crippen LogP contribution in [0, 0.1) is 0 Å². The van der Waals surface area contributed by atoms with Gasteiger partial charge in [-0.1, -0.05) is 0 Å². The van der Waals surface area contributed by atoms with Gasteiger partial charge in [-0.25, -0.2) is 4.79 Å². The largest absolute Gasteiger partial charge is 0.489 e. The van der Waals surface area contributed by atoms with Crippen molar-refractivity contribution in [1.29, 1.82) is 0 Å². The minimum atomic E-state index is -1.59. The van der Waals surface area contributed by atoms with Crippen LogP contribution in [0.3, 0.4) is 0 Å². The van der Waals surface area contributed by atoms with E-state index in [0.717, 1.165) is 5.56 Å². The van der Waals surface area contributed by atoms with Gasteiger partial charge in [-0.2, -0.15) is 0 Å². The zero-order chi connectivity index (χ0) is 18.4. The Morgan fingerprint density at radius 2 is 1.96 bits per heavy atom. The summed E-state index contributed by atoms with van der Waals surface area (Å²) in [6, 6.07) is 4.68. The summed E-state index contributed by atoms with van der Waals surface area (Å²) in [5.74, 6) is 0.431. The monoisotopic (exact) mass is 366 g/mol. The van der Waals surface area contributed by atoms with Crippen LogP contribution in [-0.4, -0.2) is 64.3 Å². The molecule has 9 heteroatoms. The molecular formula is C17H18O9. The minimum absolute atomic E-state index is 0.0667. The summed E-state index contributed by atoms with van der Waals surface area (Å²) < 4.78 is 21.9. The molecule has 0 aliphatic carbocycles. The van der Waals surface area contributed by atoms with Gasteiger partial charge in [0.2, 0.25) is 12.0 Å². The average Bonchev–Trinajstić information content (AvgIpc) is 3.10. The molecule has 0 unspecified atom stereocenters. The summed E-state index contributed by atoms with van der Waals surface area (Å²) >= 11 is 0. The van der Waals surface area contributed by atoms with Crippen molar-refractivity contribution < 1.29 is 39.1 Å². The molecule has 9 nitrogen and oxygen atoms in total. The van der Waals surface area contributed by atoms with Crippen molar-refractivity contribution in [3.05, 3.63) is 34.2 Å². The Hall–Kier alpha value is -2.17. The van der Waals surface area contributed by atoms with Crippen molar-refractivity contribution >= 4 is 11.0 Å². The number of aliphatic hydroxyl groups excluding tert-OH is 4. The molecule has 26 heavy (non-hydrogen) atoms. The predicted molar refractivity (Wildman–Crippen MR) is 86.1 cm³/mol. The number of fused-ring (bicyclic) bond motifs is 2. The Labute approximate surface area is 147 Å². The fourth-order valence-electron chi connectivity index (χ4n) is 3.22. The molecule has 4 N–H and O–H groups in total. The number of rotatable bonds is 3. The third kappa shape index (κ3) is 2.74. The molecule has 0 spiro atoms. The standard InChI is InChI=1S/C17H18O9/c18-6-9-11(20)12(21)13(22)17(24-9)26-16-14-8(3-4-23-14)5-7-1-2-10(19)25-15(7)16/h1-2,5,9,11-13,17-18,20-22H,3-4,6H2/t9-,11-,12+,13-,17-/m1/s1. The maximum Gasteiger partial charge on any atom is 0.336 e. The molecule has 3 heterocycles. The molecule has 0 radical (unpaired) electrons. The lowest BCUT2D eigenvalue weighted by Gasteiger charge is -2.39. The molecule has 0 saturated carbocycles. The first kappa shape index (κ1) is 17.3. The van der Waals surface area contributed by atoms with Crippen LogP contribution in [0.15, 0.2) is 27.4 Å². The summed E-state index contributed by atoms with van der Waals surface area (Å²) in [4.78, 5) is 11.6. The lowest BCUT2D eigenvalue weighted by molar-refractivity contribution is -0.277. The summed E-state index contributed by atoms with van der Waals surface area (Å²) in [6.07, 6.45) is -6.56. The second-order valence-electron chi connectivity index (χ2n) is 6.28. The first-order valence-corrected chi connectivity index (χ1v) is 8.19. The van der Waals surface area contributed by atoms with Crippen LogP contribution in [-0.2, 0) is 11.2 Å². The van der Waals surface area contributed by atoms with Gasteiger partial charge in [0, 0.05) is 23.4 Å². The molecule has 4 rings (SSSR count). The number of aliphatic hydroxyl groups is 4. The maximum absolute atomic E-state index is 11.6. The van der Waals surface area contributed by atoms with E-state index in [1.165, 1.54) is 6.07 Å². The minimum Gasteiger partial charge on any atom is -0.489 e. The molecule has 0 amide bonds. The number of ether oxygens (including phenoxy) is 3. The van der Waals surface area contributed by atoms with E-state index in [4.69, 9.17) is 18.6 Å². The van der Waals surface area contributed by atoms with E-state index < -0.39 is 42.9 Å². The first-order valence-electron chi connectivity index (χ1n) is 8.19. The highest BCUT2D eigenvalue weighted by Crippen LogP contribution is 2.43. The molecule has 2 aliphatic rings. The molecule has 1 aromatic carbocycles. The van der Waals surface area contributed by atoms with E-state index in [9.17, 15) is 25.2 Å². The molecule has 140 valence electrons. The average molecular weight is 366 g/mol. The van der Waals surface area contributed by atoms with Gasteiger partial charge in [0.05, 0.1) is 13.2 Å². The topological polar surface area (TPSA) is 139 Å². The highest BCUT2D eigenvalue weighted by Gasteiger charge is 2.45. The van der Waals surface area contributed by atoms with E-state index >= 15 is 0 Å². The van der Waals surface area contributed by atoms with Crippen LogP contribution < -0.4 is 15.1 Å². The SMILES string of the molecule is O=c1ccc2cc3c(c(O[C@H]4O[C@H](CO)[C@@H](O)[C@H](O)[C@H]4O)c2o1)OCC3. The van der Waals surface area contributed by atoms with Crippen LogP contribution in [0.25, 0.3) is 11.0 Å². The predicted octanol–water partition coefficient (Wildman–Crippen LogP) is -1.09. The van der Waals surface area contributed by atoms with Gasteiger partial charge in [-0.05, 0) is 12.1 Å². The molecule has 0 bridgehead atoms. The molecule has 2 aromatic rings. The lowest BCUT2D eigenvalue weighted by atomic mass is 9.99. The van der Waals surface area contributed by atoms with Gasteiger partial charge >= 0.3 is 5.63 Å². The Bertz CT molecular complexity index is 874. The van der Waals surface area contributed by atoms with Gasteiger partial charge in [0.1, 0.15) is 24.4 Å². The zero-order valence-corrected chi connectivity index (χ0v) is 13.6. The van der Waals surface area contributed by atoms with E-state index in [1.807, 2.05) is 6.07 Å². The normalized spacial score (nSPS) is 30.8. The molecule has 1 saturated heterocycles. The van der Waals surface area contributed by atoms with Crippen molar-refractivity contribution in [2.24, 2.45) is 0 Å². The van der Waals surface area contributed by atoms with Gasteiger partial charge in [-0.15, -0.1) is 0 Å². The Balaban J connectivity index is 1.77. The molecule has 1 aromatic heterocycles. The van der Waals surface area contributed by atoms with E-state index in [0.29, 0.717) is 24.2 Å². The van der Waals surface area contributed by atoms with Crippen LogP contribution in [0.1, 0.15) is 5.56 Å². The van der Waals surface area contributed by atoms with E-state index in [-0.39, 0.29) is 11.3 Å². The molecule has 5 atom stereocenters. The number of hydrogen-bond donors (Lipinski definition) is 4. The Morgan fingerprint density at radius 3 is 2.73 bits per heavy atom. The molecule has 1 fully saturated rings. The first-order chi connectivity index (χ1) is 12.5. The summed E-state index contributed by atoms with van der Waals surface area (Å²) in [6.45, 7) is -0.162. The summed E-state index contributed by atoms with van der Waals surface area (Å²) in [7, 11) is 0. The Kier molecular flexibility index (Phi) is 4.33. The second-order valence-corrected chi connectivity index (χ2v) is 6.28. The number of benzene rings is 1. The third-order valence-corrected chi connectivity index (χ3v) is 4.60. The van der Waals surface area contributed by atoms with Crippen LogP contribution in [0.2, 0.25) is 0 Å². The summed E-state index contributed by atoms with van der Waals surface area (Å²) in [5.41, 5.74) is 0.371. The fourth-order valence-corrected chi connectivity index (χ4v) is 3.22. The van der Waals surface area contributed by atoms with E-state index in [1.54, 1.807) is 6.07 Å². The van der Waals surface area contributed by atoms with Gasteiger partial charge in [0.25, 0.3) is 0 Å². The number of hydrogen-bond acceptors (Lipinski definition) is 9. The van der Waals surface area contributed by atoms with Crippen LogP contribution in [0.4, 0.5) is 0 Å². The maximum atomic E-state index is 11.6. The van der Waals surface area contributed by atoms with E-state index in [2.05, 4.69) is 0 Å². The third-order valence-electron chi connectivity index (χ3n) is 4.60. The van der Waals surface area contributed by atoms with Crippen molar-refractivity contribution in [3.8, 4) is 11.5 Å². The molecular weight excluding hydrogens is 348 g/mol. The quantitative estimate of drug-likeness (QED) is 0.499. The smallest absolute Gasteiger partial charge is 0.336 e. The van der Waals surface area contributed by atoms with Crippen molar-refractivity contribution in [3.63, 3.8) is 0 Å². The van der Waals surface area contributed by atoms with Crippen LogP contribution in [0.5, 0.6) is 11.5 Å². The van der Waals surface area contributed by atoms with Crippen molar-refractivity contribution in [2.75, 3.05) is 13.2 Å².